The Morgan fingerprint density at radius 2 is 1.94 bits per heavy atom. The van der Waals surface area contributed by atoms with E-state index in [1.807, 2.05) is 0 Å². The topological polar surface area (TPSA) is 89.3 Å². The SMILES string of the molecule is CC(NS(=O)(=O)c1ccc(CCCl)cc1)C(N)=O. The van der Waals surface area contributed by atoms with Gasteiger partial charge in [0.15, 0.2) is 0 Å². The summed E-state index contributed by atoms with van der Waals surface area (Å²) in [6, 6.07) is 5.37. The minimum absolute atomic E-state index is 0.0916. The summed E-state index contributed by atoms with van der Waals surface area (Å²) < 4.78 is 25.9. The Hall–Kier alpha value is -1.11. The van der Waals surface area contributed by atoms with Crippen LogP contribution in [0.1, 0.15) is 12.5 Å². The maximum atomic E-state index is 11.9. The molecule has 0 heterocycles. The fourth-order valence-corrected chi connectivity index (χ4v) is 2.73. The summed E-state index contributed by atoms with van der Waals surface area (Å²) in [5.41, 5.74) is 5.96. The van der Waals surface area contributed by atoms with Gasteiger partial charge in [-0.1, -0.05) is 12.1 Å². The van der Waals surface area contributed by atoms with Crippen LogP contribution in [0.25, 0.3) is 0 Å². The molecule has 1 amide bonds. The van der Waals surface area contributed by atoms with Gasteiger partial charge in [0.25, 0.3) is 0 Å². The zero-order valence-corrected chi connectivity index (χ0v) is 11.5. The molecule has 0 aliphatic rings. The van der Waals surface area contributed by atoms with E-state index in [9.17, 15) is 13.2 Å². The molecule has 0 saturated carbocycles. The van der Waals surface area contributed by atoms with Gasteiger partial charge < -0.3 is 5.73 Å². The van der Waals surface area contributed by atoms with E-state index in [0.29, 0.717) is 12.3 Å². The van der Waals surface area contributed by atoms with Crippen LogP contribution in [0.4, 0.5) is 0 Å². The number of nitrogens with one attached hydrogen (secondary N) is 1. The van der Waals surface area contributed by atoms with Gasteiger partial charge in [-0.3, -0.25) is 4.79 Å². The predicted molar refractivity (Wildman–Crippen MR) is 69.8 cm³/mol. The van der Waals surface area contributed by atoms with Crippen LogP contribution in [-0.2, 0) is 21.2 Å². The quantitative estimate of drug-likeness (QED) is 0.753. The third-order valence-corrected chi connectivity index (χ3v) is 4.12. The normalized spacial score (nSPS) is 13.2. The van der Waals surface area contributed by atoms with Crippen LogP contribution in [0.15, 0.2) is 29.2 Å². The van der Waals surface area contributed by atoms with Crippen LogP contribution < -0.4 is 10.5 Å². The van der Waals surface area contributed by atoms with E-state index in [1.54, 1.807) is 12.1 Å². The molecule has 0 aliphatic heterocycles. The number of nitrogens with two attached hydrogens (primary N) is 1. The Labute approximate surface area is 111 Å². The number of amides is 1. The molecule has 0 fully saturated rings. The second-order valence-corrected chi connectivity index (χ2v) is 5.92. The second-order valence-electron chi connectivity index (χ2n) is 3.83. The summed E-state index contributed by atoms with van der Waals surface area (Å²) >= 11 is 5.59. The number of carbonyl (C=O) groups excluding carboxylic acids is 1. The largest absolute Gasteiger partial charge is 0.368 e. The Morgan fingerprint density at radius 3 is 2.39 bits per heavy atom. The summed E-state index contributed by atoms with van der Waals surface area (Å²) in [7, 11) is -3.72. The minimum atomic E-state index is -3.72. The van der Waals surface area contributed by atoms with E-state index in [0.717, 1.165) is 5.56 Å². The first-order valence-corrected chi connectivity index (χ1v) is 7.35. The third kappa shape index (κ3) is 3.97. The van der Waals surface area contributed by atoms with Gasteiger partial charge in [-0.05, 0) is 31.0 Å². The van der Waals surface area contributed by atoms with Crippen molar-refractivity contribution in [1.82, 2.24) is 4.72 Å². The van der Waals surface area contributed by atoms with Crippen LogP contribution >= 0.6 is 11.6 Å². The number of aryl methyl sites for hydroxylation is 1. The molecule has 0 saturated heterocycles. The lowest BCUT2D eigenvalue weighted by atomic mass is 10.2. The van der Waals surface area contributed by atoms with Crippen LogP contribution in [0.2, 0.25) is 0 Å². The highest BCUT2D eigenvalue weighted by molar-refractivity contribution is 7.89. The molecule has 0 radical (unpaired) electrons. The van der Waals surface area contributed by atoms with Crippen LogP contribution in [-0.4, -0.2) is 26.2 Å². The lowest BCUT2D eigenvalue weighted by Gasteiger charge is -2.11. The summed E-state index contributed by atoms with van der Waals surface area (Å²) in [6.07, 6.45) is 0.674. The number of alkyl halides is 1. The van der Waals surface area contributed by atoms with Crippen molar-refractivity contribution in [1.29, 1.82) is 0 Å². The Bertz CT molecular complexity index is 514. The van der Waals surface area contributed by atoms with E-state index in [1.165, 1.54) is 19.1 Å². The number of sulfonamides is 1. The van der Waals surface area contributed by atoms with E-state index >= 15 is 0 Å². The van der Waals surface area contributed by atoms with Crippen molar-refractivity contribution in [3.8, 4) is 0 Å². The molecule has 0 aliphatic carbocycles. The van der Waals surface area contributed by atoms with E-state index in [4.69, 9.17) is 17.3 Å². The lowest BCUT2D eigenvalue weighted by molar-refractivity contribution is -0.119. The van der Waals surface area contributed by atoms with Crippen LogP contribution in [0.5, 0.6) is 0 Å². The summed E-state index contributed by atoms with van der Waals surface area (Å²) in [5.74, 6) is -0.249. The van der Waals surface area contributed by atoms with Crippen LogP contribution in [0.3, 0.4) is 0 Å². The molecule has 7 heteroatoms. The third-order valence-electron chi connectivity index (χ3n) is 2.38. The minimum Gasteiger partial charge on any atom is -0.368 e. The van der Waals surface area contributed by atoms with Crippen molar-refractivity contribution in [2.45, 2.75) is 24.3 Å². The maximum Gasteiger partial charge on any atom is 0.241 e. The molecule has 1 atom stereocenters. The van der Waals surface area contributed by atoms with Crippen molar-refractivity contribution in [3.05, 3.63) is 29.8 Å². The summed E-state index contributed by atoms with van der Waals surface area (Å²) in [4.78, 5) is 10.9. The highest BCUT2D eigenvalue weighted by atomic mass is 35.5. The fourth-order valence-electron chi connectivity index (χ4n) is 1.30. The number of rotatable bonds is 6. The second kappa shape index (κ2) is 6.17. The maximum absolute atomic E-state index is 11.9. The molecule has 100 valence electrons. The van der Waals surface area contributed by atoms with Gasteiger partial charge in [-0.15, -0.1) is 11.6 Å². The molecule has 0 aromatic heterocycles. The molecule has 3 N–H and O–H groups in total. The number of benzene rings is 1. The first-order valence-electron chi connectivity index (χ1n) is 5.33. The molecule has 1 rings (SSSR count). The average Bonchev–Trinajstić information content (AvgIpc) is 2.29. The summed E-state index contributed by atoms with van der Waals surface area (Å²) in [5, 5.41) is 0. The Balaban J connectivity index is 2.88. The highest BCUT2D eigenvalue weighted by Crippen LogP contribution is 2.11. The van der Waals surface area contributed by atoms with Crippen molar-refractivity contribution < 1.29 is 13.2 Å². The van der Waals surface area contributed by atoms with E-state index < -0.39 is 22.0 Å². The molecule has 18 heavy (non-hydrogen) atoms. The zero-order chi connectivity index (χ0) is 13.8. The average molecular weight is 291 g/mol. The molecule has 1 aromatic rings. The van der Waals surface area contributed by atoms with Gasteiger partial charge in [0.2, 0.25) is 15.9 Å². The molecular weight excluding hydrogens is 276 g/mol. The molecule has 5 nitrogen and oxygen atoms in total. The first-order chi connectivity index (χ1) is 8.36. The Kier molecular flexibility index (Phi) is 5.13. The van der Waals surface area contributed by atoms with Gasteiger partial charge in [0, 0.05) is 5.88 Å². The molecular formula is C11H15ClN2O3S. The monoisotopic (exact) mass is 290 g/mol. The lowest BCUT2D eigenvalue weighted by Crippen LogP contribution is -2.42. The smallest absolute Gasteiger partial charge is 0.241 e. The van der Waals surface area contributed by atoms with Gasteiger partial charge in [0.1, 0.15) is 0 Å². The van der Waals surface area contributed by atoms with E-state index in [-0.39, 0.29) is 4.90 Å². The number of hydrogen-bond donors (Lipinski definition) is 2. The molecule has 0 spiro atoms. The van der Waals surface area contributed by atoms with Crippen molar-refractivity contribution in [2.24, 2.45) is 5.73 Å². The van der Waals surface area contributed by atoms with Gasteiger partial charge in [0.05, 0.1) is 10.9 Å². The zero-order valence-electron chi connectivity index (χ0n) is 9.89. The van der Waals surface area contributed by atoms with E-state index in [2.05, 4.69) is 4.72 Å². The fraction of sp³-hybridized carbons (Fsp3) is 0.364. The highest BCUT2D eigenvalue weighted by Gasteiger charge is 2.19. The number of primary amides is 1. The first kappa shape index (κ1) is 14.9. The standard InChI is InChI=1S/C11H15ClN2O3S/c1-8(11(13)15)14-18(16,17)10-4-2-9(3-5-10)6-7-12/h2-5,8,14H,6-7H2,1H3,(H2,13,15). The van der Waals surface area contributed by atoms with Gasteiger partial charge >= 0.3 is 0 Å². The number of hydrogen-bond acceptors (Lipinski definition) is 3. The van der Waals surface area contributed by atoms with Crippen molar-refractivity contribution in [2.75, 3.05) is 5.88 Å². The number of halogens is 1. The number of carbonyl (C=O) groups is 1. The van der Waals surface area contributed by atoms with Crippen molar-refractivity contribution in [3.63, 3.8) is 0 Å². The van der Waals surface area contributed by atoms with Gasteiger partial charge in [-0.2, -0.15) is 4.72 Å². The molecule has 1 aromatic carbocycles. The molecule has 0 bridgehead atoms. The summed E-state index contributed by atoms with van der Waals surface area (Å²) in [6.45, 7) is 1.39. The predicted octanol–water partition coefficient (Wildman–Crippen LogP) is 0.620. The van der Waals surface area contributed by atoms with Crippen LogP contribution in [0, 0.1) is 0 Å². The van der Waals surface area contributed by atoms with Gasteiger partial charge in [-0.25, -0.2) is 8.42 Å². The molecule has 1 unspecified atom stereocenters. The van der Waals surface area contributed by atoms with Crippen molar-refractivity contribution >= 4 is 27.5 Å². The Morgan fingerprint density at radius 1 is 1.39 bits per heavy atom.